The lowest BCUT2D eigenvalue weighted by molar-refractivity contribution is 0.0504. The van der Waals surface area contributed by atoms with E-state index in [1.165, 1.54) is 0 Å². The van der Waals surface area contributed by atoms with Gasteiger partial charge in [0.1, 0.15) is 19.0 Å². The summed E-state index contributed by atoms with van der Waals surface area (Å²) >= 11 is 0. The number of ether oxygens (including phenoxy) is 3. The molecule has 2 aliphatic rings. The normalized spacial score (nSPS) is 16.6. The standard InChI is InChI=1S/C22H21FN6O4/c1-12-25-20(29-33-12)15-9-13(3-5-17(15)30-2)27-22-24-11-16(23)21(28-22)26-14-4-6-18-19(10-14)32-8-7-31-18/h3-6,9-12H,7-8H2,1-2H3,(H,25,29)(H2,24,26,27,28). The second-order valence-electron chi connectivity index (χ2n) is 7.21. The Morgan fingerprint density at radius 1 is 1.06 bits per heavy atom. The van der Waals surface area contributed by atoms with Crippen LogP contribution in [0.2, 0.25) is 0 Å². The lowest BCUT2D eigenvalue weighted by atomic mass is 10.1. The molecule has 1 atom stereocenters. The van der Waals surface area contributed by atoms with Gasteiger partial charge in [0, 0.05) is 17.4 Å². The number of aliphatic imine (C=N–C) groups is 1. The zero-order chi connectivity index (χ0) is 22.8. The van der Waals surface area contributed by atoms with Crippen molar-refractivity contribution in [1.29, 1.82) is 0 Å². The van der Waals surface area contributed by atoms with Crippen LogP contribution < -0.4 is 30.3 Å². The lowest BCUT2D eigenvalue weighted by Gasteiger charge is -2.19. The molecule has 3 heterocycles. The summed E-state index contributed by atoms with van der Waals surface area (Å²) in [7, 11) is 1.57. The van der Waals surface area contributed by atoms with Crippen LogP contribution in [0.5, 0.6) is 17.2 Å². The summed E-state index contributed by atoms with van der Waals surface area (Å²) < 4.78 is 30.9. The smallest absolute Gasteiger partial charge is 0.229 e. The van der Waals surface area contributed by atoms with Crippen LogP contribution in [-0.4, -0.2) is 42.4 Å². The molecule has 170 valence electrons. The molecular formula is C22H21FN6O4. The number of hydrogen-bond acceptors (Lipinski definition) is 10. The van der Waals surface area contributed by atoms with Gasteiger partial charge in [0.15, 0.2) is 35.2 Å². The van der Waals surface area contributed by atoms with Gasteiger partial charge in [-0.15, -0.1) is 0 Å². The van der Waals surface area contributed by atoms with Crippen molar-refractivity contribution in [3.8, 4) is 17.2 Å². The third-order valence-electron chi connectivity index (χ3n) is 4.90. The number of anilines is 4. The molecular weight excluding hydrogens is 431 g/mol. The van der Waals surface area contributed by atoms with Crippen LogP contribution in [0, 0.1) is 5.82 Å². The zero-order valence-corrected chi connectivity index (χ0v) is 17.9. The number of hydrogen-bond donors (Lipinski definition) is 3. The molecule has 1 aromatic heterocycles. The number of nitrogens with one attached hydrogen (secondary N) is 3. The summed E-state index contributed by atoms with van der Waals surface area (Å²) in [5, 5.41) is 6.04. The van der Waals surface area contributed by atoms with Gasteiger partial charge in [0.05, 0.1) is 18.9 Å². The molecule has 11 heteroatoms. The van der Waals surface area contributed by atoms with E-state index >= 15 is 0 Å². The Balaban J connectivity index is 1.38. The van der Waals surface area contributed by atoms with Crippen LogP contribution in [0.3, 0.4) is 0 Å². The van der Waals surface area contributed by atoms with Gasteiger partial charge < -0.3 is 24.8 Å². The number of benzene rings is 2. The Kier molecular flexibility index (Phi) is 5.53. The van der Waals surface area contributed by atoms with Crippen LogP contribution in [0.25, 0.3) is 0 Å². The predicted molar refractivity (Wildman–Crippen MR) is 119 cm³/mol. The molecule has 1 unspecified atom stereocenters. The summed E-state index contributed by atoms with van der Waals surface area (Å²) in [5.74, 6) is 2.02. The van der Waals surface area contributed by atoms with E-state index in [-0.39, 0.29) is 18.0 Å². The third kappa shape index (κ3) is 4.44. The quantitative estimate of drug-likeness (QED) is 0.517. The minimum atomic E-state index is -0.596. The van der Waals surface area contributed by atoms with E-state index in [9.17, 15) is 4.39 Å². The molecule has 10 nitrogen and oxygen atoms in total. The average molecular weight is 452 g/mol. The highest BCUT2D eigenvalue weighted by atomic mass is 19.1. The van der Waals surface area contributed by atoms with Crippen molar-refractivity contribution < 1.29 is 23.4 Å². The van der Waals surface area contributed by atoms with Crippen LogP contribution in [0.4, 0.5) is 27.5 Å². The number of aromatic nitrogens is 2. The van der Waals surface area contributed by atoms with Crippen molar-refractivity contribution in [2.24, 2.45) is 4.99 Å². The number of fused-ring (bicyclic) bond motifs is 1. The SMILES string of the molecule is COc1ccc(Nc2ncc(F)c(Nc3ccc4c(c3)OCCO4)n2)cc1C1=NC(C)ON1. The molecule has 0 bridgehead atoms. The molecule has 2 aromatic carbocycles. The topological polar surface area (TPSA) is 111 Å². The first kappa shape index (κ1) is 20.8. The number of amidine groups is 1. The van der Waals surface area contributed by atoms with Crippen molar-refractivity contribution >= 4 is 29.0 Å². The fourth-order valence-electron chi connectivity index (χ4n) is 3.37. The second-order valence-corrected chi connectivity index (χ2v) is 7.21. The Bertz CT molecular complexity index is 1220. The first-order valence-corrected chi connectivity index (χ1v) is 10.2. The van der Waals surface area contributed by atoms with E-state index in [1.807, 2.05) is 13.0 Å². The lowest BCUT2D eigenvalue weighted by Crippen LogP contribution is -2.19. The van der Waals surface area contributed by atoms with Crippen LogP contribution in [0.15, 0.2) is 47.6 Å². The largest absolute Gasteiger partial charge is 0.496 e. The van der Waals surface area contributed by atoms with Crippen LogP contribution >= 0.6 is 0 Å². The van der Waals surface area contributed by atoms with Gasteiger partial charge in [-0.1, -0.05) is 0 Å². The molecule has 33 heavy (non-hydrogen) atoms. The average Bonchev–Trinajstić information content (AvgIpc) is 3.27. The Labute approximate surface area is 188 Å². The molecule has 0 saturated carbocycles. The Morgan fingerprint density at radius 2 is 1.85 bits per heavy atom. The van der Waals surface area contributed by atoms with E-state index in [1.54, 1.807) is 37.4 Å². The maximum Gasteiger partial charge on any atom is 0.229 e. The van der Waals surface area contributed by atoms with E-state index < -0.39 is 5.82 Å². The Hall–Kier alpha value is -4.12. The number of halogens is 1. The molecule has 3 aromatic rings. The number of rotatable bonds is 6. The van der Waals surface area contributed by atoms with Crippen LogP contribution in [0.1, 0.15) is 12.5 Å². The summed E-state index contributed by atoms with van der Waals surface area (Å²) in [6.45, 7) is 2.78. The molecule has 0 aliphatic carbocycles. The molecule has 2 aliphatic heterocycles. The minimum absolute atomic E-state index is 0.0157. The molecule has 0 fully saturated rings. The first-order chi connectivity index (χ1) is 16.1. The second kappa shape index (κ2) is 8.79. The number of nitrogens with zero attached hydrogens (tertiary/aromatic N) is 3. The van der Waals surface area contributed by atoms with Gasteiger partial charge >= 0.3 is 0 Å². The van der Waals surface area contributed by atoms with Gasteiger partial charge in [-0.05, 0) is 37.3 Å². The van der Waals surface area contributed by atoms with Crippen molar-refractivity contribution in [2.45, 2.75) is 13.2 Å². The highest BCUT2D eigenvalue weighted by molar-refractivity contribution is 6.02. The maximum atomic E-state index is 14.4. The van der Waals surface area contributed by atoms with Crippen LogP contribution in [-0.2, 0) is 4.84 Å². The van der Waals surface area contributed by atoms with Crippen molar-refractivity contribution in [3.63, 3.8) is 0 Å². The molecule has 3 N–H and O–H groups in total. The van der Waals surface area contributed by atoms with Gasteiger partial charge in [0.2, 0.25) is 5.95 Å². The molecule has 0 radical (unpaired) electrons. The van der Waals surface area contributed by atoms with Gasteiger partial charge in [0.25, 0.3) is 0 Å². The van der Waals surface area contributed by atoms with Gasteiger partial charge in [-0.25, -0.2) is 24.7 Å². The maximum absolute atomic E-state index is 14.4. The van der Waals surface area contributed by atoms with Crippen molar-refractivity contribution in [2.75, 3.05) is 31.0 Å². The fourth-order valence-corrected chi connectivity index (χ4v) is 3.37. The van der Waals surface area contributed by atoms with Gasteiger partial charge in [-0.3, -0.25) is 0 Å². The van der Waals surface area contributed by atoms with Gasteiger partial charge in [-0.2, -0.15) is 4.98 Å². The van der Waals surface area contributed by atoms with E-state index in [2.05, 4.69) is 31.1 Å². The monoisotopic (exact) mass is 452 g/mol. The first-order valence-electron chi connectivity index (χ1n) is 10.2. The number of methoxy groups -OCH3 is 1. The van der Waals surface area contributed by atoms with E-state index in [0.29, 0.717) is 53.2 Å². The van der Waals surface area contributed by atoms with Crippen molar-refractivity contribution in [3.05, 3.63) is 54.0 Å². The molecule has 0 amide bonds. The zero-order valence-electron chi connectivity index (χ0n) is 17.9. The fraction of sp³-hybridized carbons (Fsp3) is 0.227. The molecule has 0 spiro atoms. The summed E-state index contributed by atoms with van der Waals surface area (Å²) in [6.07, 6.45) is 0.786. The highest BCUT2D eigenvalue weighted by Gasteiger charge is 2.19. The highest BCUT2D eigenvalue weighted by Crippen LogP contribution is 2.34. The molecule has 0 saturated heterocycles. The van der Waals surface area contributed by atoms with E-state index in [0.717, 1.165) is 6.20 Å². The predicted octanol–water partition coefficient (Wildman–Crippen LogP) is 3.51. The van der Waals surface area contributed by atoms with E-state index in [4.69, 9.17) is 19.0 Å². The minimum Gasteiger partial charge on any atom is -0.496 e. The summed E-state index contributed by atoms with van der Waals surface area (Å²) in [4.78, 5) is 18.0. The van der Waals surface area contributed by atoms with Crippen molar-refractivity contribution in [1.82, 2.24) is 15.4 Å². The Morgan fingerprint density at radius 3 is 2.64 bits per heavy atom. The number of hydroxylamine groups is 1. The summed E-state index contributed by atoms with van der Waals surface area (Å²) in [6, 6.07) is 10.6. The summed E-state index contributed by atoms with van der Waals surface area (Å²) in [5.41, 5.74) is 4.75. The molecule has 5 rings (SSSR count). The third-order valence-corrected chi connectivity index (χ3v) is 4.90.